The van der Waals surface area contributed by atoms with E-state index in [-0.39, 0.29) is 6.10 Å². The largest absolute Gasteiger partial charge is 0.373 e. The first-order chi connectivity index (χ1) is 14.8. The molecule has 1 atom stereocenters. The molecular formula is C22H20N6OS. The van der Waals surface area contributed by atoms with Gasteiger partial charge < -0.3 is 15.4 Å². The predicted molar refractivity (Wildman–Crippen MR) is 122 cm³/mol. The Labute approximate surface area is 177 Å². The number of nitrogens with zero attached hydrogens (tertiary/aromatic N) is 3. The van der Waals surface area contributed by atoms with Gasteiger partial charge in [-0.25, -0.2) is 4.98 Å². The highest BCUT2D eigenvalue weighted by atomic mass is 32.1. The molecule has 1 unspecified atom stereocenters. The Morgan fingerprint density at radius 3 is 3.10 bits per heavy atom. The molecule has 0 spiro atoms. The first kappa shape index (κ1) is 18.5. The average molecular weight is 417 g/mol. The molecule has 1 aliphatic rings. The molecule has 30 heavy (non-hydrogen) atoms. The summed E-state index contributed by atoms with van der Waals surface area (Å²) in [6.45, 7) is 0.618. The smallest absolute Gasteiger partial charge is 0.225 e. The van der Waals surface area contributed by atoms with Crippen LogP contribution in [0.1, 0.15) is 0 Å². The van der Waals surface area contributed by atoms with Crippen molar-refractivity contribution in [1.82, 2.24) is 20.2 Å². The number of H-pyrrole nitrogens is 1. The van der Waals surface area contributed by atoms with Crippen molar-refractivity contribution in [3.05, 3.63) is 71.8 Å². The van der Waals surface area contributed by atoms with Gasteiger partial charge >= 0.3 is 0 Å². The Kier molecular flexibility index (Phi) is 5.00. The zero-order chi connectivity index (χ0) is 20.3. The third-order valence-corrected chi connectivity index (χ3v) is 5.75. The third kappa shape index (κ3) is 3.83. The minimum absolute atomic E-state index is 0.000486. The molecule has 4 aromatic rings. The first-order valence-corrected chi connectivity index (χ1v) is 10.4. The van der Waals surface area contributed by atoms with Crippen molar-refractivity contribution >= 4 is 49.9 Å². The lowest BCUT2D eigenvalue weighted by Crippen LogP contribution is -2.08. The molecule has 3 N–H and O–H groups in total. The van der Waals surface area contributed by atoms with Gasteiger partial charge in [-0.1, -0.05) is 30.4 Å². The van der Waals surface area contributed by atoms with Crippen molar-refractivity contribution in [2.75, 3.05) is 24.3 Å². The van der Waals surface area contributed by atoms with Crippen LogP contribution in [0.4, 0.5) is 17.5 Å². The second-order valence-electron chi connectivity index (χ2n) is 6.87. The van der Waals surface area contributed by atoms with E-state index in [4.69, 9.17) is 9.72 Å². The Bertz CT molecular complexity index is 1290. The second kappa shape index (κ2) is 8.10. The van der Waals surface area contributed by atoms with E-state index in [1.54, 1.807) is 18.4 Å². The Hall–Kier alpha value is -3.49. The number of aromatic amines is 1. The molecule has 0 saturated carbocycles. The molecule has 0 amide bonds. The van der Waals surface area contributed by atoms with Crippen LogP contribution in [0.5, 0.6) is 0 Å². The van der Waals surface area contributed by atoms with Gasteiger partial charge in [-0.2, -0.15) is 10.1 Å². The molecule has 3 aromatic heterocycles. The summed E-state index contributed by atoms with van der Waals surface area (Å²) in [6.07, 6.45) is 12.0. The first-order valence-electron chi connectivity index (χ1n) is 9.56. The summed E-state index contributed by atoms with van der Waals surface area (Å²) < 4.78 is 6.37. The summed E-state index contributed by atoms with van der Waals surface area (Å²) in [7, 11) is 1.70. The van der Waals surface area contributed by atoms with E-state index in [0.717, 1.165) is 38.2 Å². The molecule has 1 aromatic carbocycles. The van der Waals surface area contributed by atoms with Gasteiger partial charge in [0.15, 0.2) is 5.82 Å². The summed E-state index contributed by atoms with van der Waals surface area (Å²) in [5, 5.41) is 16.9. The Morgan fingerprint density at radius 1 is 1.20 bits per heavy atom. The Balaban J connectivity index is 1.39. The molecule has 5 rings (SSSR count). The lowest BCUT2D eigenvalue weighted by Gasteiger charge is -2.10. The monoisotopic (exact) mass is 416 g/mol. The number of allylic oxidation sites excluding steroid dienone is 2. The number of thiophene rings is 1. The maximum Gasteiger partial charge on any atom is 0.225 e. The number of rotatable bonds is 6. The number of fused-ring (bicyclic) bond motifs is 2. The molecule has 3 heterocycles. The predicted octanol–water partition coefficient (Wildman–Crippen LogP) is 4.79. The number of aromatic nitrogens is 4. The molecule has 0 radical (unpaired) electrons. The standard InChI is InChI=1S/C22H20N6OS/c1-29-17-4-2-3-14(5-7-17)12-23-22-26-19-9-10-30-20(19)21(27-22)25-16-6-8-18-15(11-16)13-24-28-18/h2-11,13,17H,12H2,1H3,(H,24,28)(H2,23,25,26,27). The number of benzene rings is 1. The van der Waals surface area contributed by atoms with Crippen LogP contribution in [0.3, 0.4) is 0 Å². The average Bonchev–Trinajstić information content (AvgIpc) is 3.36. The van der Waals surface area contributed by atoms with Gasteiger partial charge in [0.05, 0.1) is 28.0 Å². The fraction of sp³-hybridized carbons (Fsp3) is 0.136. The van der Waals surface area contributed by atoms with E-state index in [2.05, 4.69) is 38.0 Å². The number of nitrogens with one attached hydrogen (secondary N) is 3. The van der Waals surface area contributed by atoms with Crippen LogP contribution in [0.2, 0.25) is 0 Å². The van der Waals surface area contributed by atoms with E-state index in [9.17, 15) is 0 Å². The van der Waals surface area contributed by atoms with Gasteiger partial charge in [0.2, 0.25) is 5.95 Å². The maximum absolute atomic E-state index is 5.35. The molecule has 150 valence electrons. The van der Waals surface area contributed by atoms with Gasteiger partial charge in [-0.05, 0) is 35.2 Å². The van der Waals surface area contributed by atoms with Crippen LogP contribution >= 0.6 is 11.3 Å². The van der Waals surface area contributed by atoms with Gasteiger partial charge in [-0.3, -0.25) is 5.10 Å². The molecule has 1 aliphatic carbocycles. The van der Waals surface area contributed by atoms with Crippen LogP contribution in [0, 0.1) is 0 Å². The zero-order valence-electron chi connectivity index (χ0n) is 16.3. The minimum Gasteiger partial charge on any atom is -0.373 e. The van der Waals surface area contributed by atoms with Crippen LogP contribution in [-0.2, 0) is 4.74 Å². The van der Waals surface area contributed by atoms with E-state index in [0.29, 0.717) is 12.5 Å². The molecule has 0 aliphatic heterocycles. The number of hydrogen-bond donors (Lipinski definition) is 3. The lowest BCUT2D eigenvalue weighted by molar-refractivity contribution is 0.178. The summed E-state index contributed by atoms with van der Waals surface area (Å²) in [5.41, 5.74) is 3.99. The highest BCUT2D eigenvalue weighted by Crippen LogP contribution is 2.30. The van der Waals surface area contributed by atoms with Crippen molar-refractivity contribution in [2.45, 2.75) is 6.10 Å². The lowest BCUT2D eigenvalue weighted by atomic mass is 10.2. The summed E-state index contributed by atoms with van der Waals surface area (Å²) >= 11 is 1.62. The fourth-order valence-electron chi connectivity index (χ4n) is 3.27. The topological polar surface area (TPSA) is 87.8 Å². The number of methoxy groups -OCH3 is 1. The highest BCUT2D eigenvalue weighted by Gasteiger charge is 2.11. The minimum atomic E-state index is 0.000486. The zero-order valence-corrected chi connectivity index (χ0v) is 17.1. The van der Waals surface area contributed by atoms with E-state index < -0.39 is 0 Å². The molecule has 0 saturated heterocycles. The van der Waals surface area contributed by atoms with E-state index >= 15 is 0 Å². The van der Waals surface area contributed by atoms with E-state index in [1.807, 2.05) is 54.1 Å². The van der Waals surface area contributed by atoms with E-state index in [1.165, 1.54) is 0 Å². The van der Waals surface area contributed by atoms with Crippen molar-refractivity contribution in [3.8, 4) is 0 Å². The Morgan fingerprint density at radius 2 is 2.17 bits per heavy atom. The summed E-state index contributed by atoms with van der Waals surface area (Å²) in [6, 6.07) is 8.07. The molecular weight excluding hydrogens is 396 g/mol. The van der Waals surface area contributed by atoms with Crippen LogP contribution in [0.15, 0.2) is 71.8 Å². The van der Waals surface area contributed by atoms with Crippen molar-refractivity contribution in [1.29, 1.82) is 0 Å². The quantitative estimate of drug-likeness (QED) is 0.419. The molecule has 0 bridgehead atoms. The molecule has 7 nitrogen and oxygen atoms in total. The maximum atomic E-state index is 5.35. The van der Waals surface area contributed by atoms with Crippen molar-refractivity contribution in [2.24, 2.45) is 0 Å². The van der Waals surface area contributed by atoms with Crippen LogP contribution in [-0.4, -0.2) is 39.9 Å². The van der Waals surface area contributed by atoms with Crippen molar-refractivity contribution < 1.29 is 4.74 Å². The highest BCUT2D eigenvalue weighted by molar-refractivity contribution is 7.17. The van der Waals surface area contributed by atoms with Gasteiger partial charge in [0.1, 0.15) is 0 Å². The summed E-state index contributed by atoms with van der Waals surface area (Å²) in [5.74, 6) is 1.36. The van der Waals surface area contributed by atoms with Crippen molar-refractivity contribution in [3.63, 3.8) is 0 Å². The second-order valence-corrected chi connectivity index (χ2v) is 7.78. The van der Waals surface area contributed by atoms with Crippen LogP contribution < -0.4 is 10.6 Å². The van der Waals surface area contributed by atoms with Gasteiger partial charge in [0.25, 0.3) is 0 Å². The van der Waals surface area contributed by atoms with Gasteiger partial charge in [-0.15, -0.1) is 11.3 Å². The molecule has 0 fully saturated rings. The number of ether oxygens (including phenoxy) is 1. The SMILES string of the molecule is COC1C=CC=C(CNc2nc(Nc3ccc4[nH]ncc4c3)c3sccc3n2)C=C1. The number of hydrogen-bond acceptors (Lipinski definition) is 7. The third-order valence-electron chi connectivity index (χ3n) is 4.84. The molecule has 8 heteroatoms. The number of anilines is 3. The summed E-state index contributed by atoms with van der Waals surface area (Å²) in [4.78, 5) is 9.39. The van der Waals surface area contributed by atoms with Crippen LogP contribution in [0.25, 0.3) is 21.1 Å². The fourth-order valence-corrected chi connectivity index (χ4v) is 4.04. The normalized spacial score (nSPS) is 16.0. The van der Waals surface area contributed by atoms with Gasteiger partial charge in [0, 0.05) is 24.7 Å².